The first kappa shape index (κ1) is 15.9. The molecular formula is C15H24N2OS. The van der Waals surface area contributed by atoms with Crippen LogP contribution in [0.15, 0.2) is 18.2 Å². The fraction of sp³-hybridized carbons (Fsp3) is 0.533. The SMILES string of the molecule is COc1cc(CN(C)CCC(C)C)ccc1C(N)=S. The number of ether oxygens (including phenoxy) is 1. The van der Waals surface area contributed by atoms with Crippen molar-refractivity contribution in [2.45, 2.75) is 26.8 Å². The van der Waals surface area contributed by atoms with Crippen LogP contribution in [0.3, 0.4) is 0 Å². The number of hydrogen-bond acceptors (Lipinski definition) is 3. The van der Waals surface area contributed by atoms with Crippen molar-refractivity contribution >= 4 is 17.2 Å². The fourth-order valence-corrected chi connectivity index (χ4v) is 2.08. The minimum atomic E-state index is 0.372. The van der Waals surface area contributed by atoms with Gasteiger partial charge in [-0.15, -0.1) is 0 Å². The Bertz CT molecular complexity index is 432. The summed E-state index contributed by atoms with van der Waals surface area (Å²) in [7, 11) is 3.78. The van der Waals surface area contributed by atoms with Gasteiger partial charge in [-0.05, 0) is 43.6 Å². The van der Waals surface area contributed by atoms with E-state index in [1.54, 1.807) is 7.11 Å². The van der Waals surface area contributed by atoms with E-state index in [2.05, 4.69) is 31.9 Å². The monoisotopic (exact) mass is 280 g/mol. The molecule has 0 saturated heterocycles. The number of nitrogens with zero attached hydrogens (tertiary/aromatic N) is 1. The van der Waals surface area contributed by atoms with E-state index >= 15 is 0 Å². The molecule has 0 amide bonds. The molecular weight excluding hydrogens is 256 g/mol. The third kappa shape index (κ3) is 5.17. The van der Waals surface area contributed by atoms with Crippen LogP contribution in [0.4, 0.5) is 0 Å². The molecule has 0 heterocycles. The molecule has 0 saturated carbocycles. The van der Waals surface area contributed by atoms with E-state index < -0.39 is 0 Å². The Balaban J connectivity index is 2.71. The minimum absolute atomic E-state index is 0.372. The van der Waals surface area contributed by atoms with Gasteiger partial charge in [0.2, 0.25) is 0 Å². The van der Waals surface area contributed by atoms with Crippen LogP contribution in [0.25, 0.3) is 0 Å². The molecule has 1 aromatic rings. The molecule has 0 radical (unpaired) electrons. The molecule has 0 aliphatic carbocycles. The van der Waals surface area contributed by atoms with Gasteiger partial charge in [0.15, 0.2) is 0 Å². The highest BCUT2D eigenvalue weighted by atomic mass is 32.1. The molecule has 0 aromatic heterocycles. The number of nitrogens with two attached hydrogens (primary N) is 1. The van der Waals surface area contributed by atoms with Crippen LogP contribution in [0.5, 0.6) is 5.75 Å². The molecule has 2 N–H and O–H groups in total. The summed E-state index contributed by atoms with van der Waals surface area (Å²) in [6.07, 6.45) is 1.21. The number of hydrogen-bond donors (Lipinski definition) is 1. The molecule has 0 aliphatic rings. The maximum absolute atomic E-state index is 5.66. The van der Waals surface area contributed by atoms with Crippen LogP contribution in [0, 0.1) is 5.92 Å². The highest BCUT2D eigenvalue weighted by Gasteiger charge is 2.08. The van der Waals surface area contributed by atoms with Gasteiger partial charge >= 0.3 is 0 Å². The second-order valence-electron chi connectivity index (χ2n) is 5.32. The first-order chi connectivity index (χ1) is 8.93. The molecule has 1 rings (SSSR count). The number of thiocarbonyl (C=S) groups is 1. The van der Waals surface area contributed by atoms with Crippen molar-refractivity contribution in [1.29, 1.82) is 0 Å². The molecule has 106 valence electrons. The molecule has 19 heavy (non-hydrogen) atoms. The lowest BCUT2D eigenvalue weighted by Gasteiger charge is -2.18. The first-order valence-electron chi connectivity index (χ1n) is 6.59. The molecule has 4 heteroatoms. The summed E-state index contributed by atoms with van der Waals surface area (Å²) in [6, 6.07) is 6.01. The third-order valence-corrected chi connectivity index (χ3v) is 3.29. The zero-order chi connectivity index (χ0) is 14.4. The van der Waals surface area contributed by atoms with Crippen molar-refractivity contribution in [3.05, 3.63) is 29.3 Å². The van der Waals surface area contributed by atoms with Gasteiger partial charge in [-0.2, -0.15) is 0 Å². The summed E-state index contributed by atoms with van der Waals surface area (Å²) in [5.74, 6) is 1.48. The summed E-state index contributed by atoms with van der Waals surface area (Å²) in [5.41, 5.74) is 7.67. The van der Waals surface area contributed by atoms with E-state index in [-0.39, 0.29) is 0 Å². The van der Waals surface area contributed by atoms with Crippen LogP contribution in [-0.4, -0.2) is 30.6 Å². The molecule has 0 fully saturated rings. The Kier molecular flexibility index (Phi) is 6.25. The Morgan fingerprint density at radius 2 is 2.11 bits per heavy atom. The number of rotatable bonds is 7. The Morgan fingerprint density at radius 3 is 2.63 bits per heavy atom. The summed E-state index contributed by atoms with van der Waals surface area (Å²) in [5, 5.41) is 0. The third-order valence-electron chi connectivity index (χ3n) is 3.07. The minimum Gasteiger partial charge on any atom is -0.496 e. The smallest absolute Gasteiger partial charge is 0.129 e. The Hall–Kier alpha value is -1.13. The van der Waals surface area contributed by atoms with E-state index in [9.17, 15) is 0 Å². The first-order valence-corrected chi connectivity index (χ1v) is 7.00. The van der Waals surface area contributed by atoms with Crippen molar-refractivity contribution in [2.75, 3.05) is 20.7 Å². The van der Waals surface area contributed by atoms with Crippen molar-refractivity contribution in [3.63, 3.8) is 0 Å². The normalized spacial score (nSPS) is 11.1. The molecule has 0 atom stereocenters. The van der Waals surface area contributed by atoms with Crippen LogP contribution in [-0.2, 0) is 6.54 Å². The number of methoxy groups -OCH3 is 1. The van der Waals surface area contributed by atoms with Crippen LogP contribution in [0.2, 0.25) is 0 Å². The van der Waals surface area contributed by atoms with Crippen LogP contribution < -0.4 is 10.5 Å². The van der Waals surface area contributed by atoms with Gasteiger partial charge in [-0.25, -0.2) is 0 Å². The van der Waals surface area contributed by atoms with Crippen molar-refractivity contribution < 1.29 is 4.74 Å². The van der Waals surface area contributed by atoms with Gasteiger partial charge in [0, 0.05) is 6.54 Å². The Labute approximate surface area is 121 Å². The van der Waals surface area contributed by atoms with Gasteiger partial charge in [0.05, 0.1) is 12.7 Å². The van der Waals surface area contributed by atoms with Crippen molar-refractivity contribution in [2.24, 2.45) is 11.7 Å². The van der Waals surface area contributed by atoms with E-state index in [1.807, 2.05) is 12.1 Å². The van der Waals surface area contributed by atoms with Crippen molar-refractivity contribution in [3.8, 4) is 5.75 Å². The quantitative estimate of drug-likeness (QED) is 0.780. The van der Waals surface area contributed by atoms with E-state index in [0.717, 1.165) is 30.3 Å². The van der Waals surface area contributed by atoms with Gasteiger partial charge in [-0.1, -0.05) is 32.1 Å². The van der Waals surface area contributed by atoms with Gasteiger partial charge in [0.1, 0.15) is 10.7 Å². The highest BCUT2D eigenvalue weighted by Crippen LogP contribution is 2.21. The predicted octanol–water partition coefficient (Wildman–Crippen LogP) is 2.81. The van der Waals surface area contributed by atoms with Crippen LogP contribution in [0.1, 0.15) is 31.4 Å². The molecule has 3 nitrogen and oxygen atoms in total. The second kappa shape index (κ2) is 7.46. The Morgan fingerprint density at radius 1 is 1.42 bits per heavy atom. The average molecular weight is 280 g/mol. The lowest BCUT2D eigenvalue weighted by Crippen LogP contribution is -2.20. The lowest BCUT2D eigenvalue weighted by molar-refractivity contribution is 0.303. The molecule has 0 aliphatic heterocycles. The second-order valence-corrected chi connectivity index (χ2v) is 5.76. The maximum atomic E-state index is 5.66. The maximum Gasteiger partial charge on any atom is 0.129 e. The summed E-state index contributed by atoms with van der Waals surface area (Å²) in [6.45, 7) is 6.49. The molecule has 0 unspecified atom stereocenters. The molecule has 1 aromatic carbocycles. The van der Waals surface area contributed by atoms with Crippen molar-refractivity contribution in [1.82, 2.24) is 4.90 Å². The van der Waals surface area contributed by atoms with E-state index in [4.69, 9.17) is 22.7 Å². The molecule has 0 spiro atoms. The van der Waals surface area contributed by atoms with Crippen LogP contribution >= 0.6 is 12.2 Å². The zero-order valence-corrected chi connectivity index (χ0v) is 13.1. The topological polar surface area (TPSA) is 38.5 Å². The van der Waals surface area contributed by atoms with E-state index in [0.29, 0.717) is 4.99 Å². The predicted molar refractivity (Wildman–Crippen MR) is 84.7 cm³/mol. The fourth-order valence-electron chi connectivity index (χ4n) is 1.91. The van der Waals surface area contributed by atoms with Gasteiger partial charge in [-0.3, -0.25) is 0 Å². The molecule has 0 bridgehead atoms. The summed E-state index contributed by atoms with van der Waals surface area (Å²) < 4.78 is 5.34. The van der Waals surface area contributed by atoms with Gasteiger partial charge < -0.3 is 15.4 Å². The zero-order valence-electron chi connectivity index (χ0n) is 12.3. The average Bonchev–Trinajstić information content (AvgIpc) is 2.35. The van der Waals surface area contributed by atoms with Gasteiger partial charge in [0.25, 0.3) is 0 Å². The van der Waals surface area contributed by atoms with E-state index in [1.165, 1.54) is 12.0 Å². The largest absolute Gasteiger partial charge is 0.496 e. The standard InChI is InChI=1S/C15H24N2OS/c1-11(2)7-8-17(3)10-12-5-6-13(15(16)19)14(9-12)18-4/h5-6,9,11H,7-8,10H2,1-4H3,(H2,16,19). The summed E-state index contributed by atoms with van der Waals surface area (Å²) >= 11 is 5.00. The summed E-state index contributed by atoms with van der Waals surface area (Å²) in [4.78, 5) is 2.69. The lowest BCUT2D eigenvalue weighted by atomic mass is 10.1. The number of benzene rings is 1. The highest BCUT2D eigenvalue weighted by molar-refractivity contribution is 7.80.